The van der Waals surface area contributed by atoms with Crippen molar-refractivity contribution in [2.75, 3.05) is 50.7 Å². The monoisotopic (exact) mass is 400 g/mol. The van der Waals surface area contributed by atoms with E-state index in [9.17, 15) is 14.3 Å². The number of piperazine rings is 1. The normalized spacial score (nSPS) is 20.7. The first kappa shape index (κ1) is 19.9. The van der Waals surface area contributed by atoms with Crippen LogP contribution in [0.15, 0.2) is 36.5 Å². The first-order chi connectivity index (χ1) is 14.0. The second-order valence-corrected chi connectivity index (χ2v) is 7.98. The number of aliphatic hydroxyl groups excluding tert-OH is 1. The van der Waals surface area contributed by atoms with Crippen LogP contribution >= 0.6 is 0 Å². The van der Waals surface area contributed by atoms with Gasteiger partial charge in [-0.15, -0.1) is 0 Å². The van der Waals surface area contributed by atoms with E-state index in [0.717, 1.165) is 50.5 Å². The molecule has 1 amide bonds. The lowest BCUT2D eigenvalue weighted by molar-refractivity contribution is 0.0738. The topological polar surface area (TPSA) is 52.0 Å². The van der Waals surface area contributed by atoms with Crippen molar-refractivity contribution in [2.45, 2.75) is 18.9 Å². The predicted molar refractivity (Wildman–Crippen MR) is 111 cm³/mol. The van der Waals surface area contributed by atoms with Crippen molar-refractivity contribution < 1.29 is 14.3 Å². The summed E-state index contributed by atoms with van der Waals surface area (Å²) in [6.45, 7) is 6.03. The van der Waals surface area contributed by atoms with Gasteiger partial charge < -0.3 is 19.5 Å². The van der Waals surface area contributed by atoms with E-state index in [2.05, 4.69) is 9.80 Å². The van der Waals surface area contributed by atoms with Crippen LogP contribution in [0, 0.1) is 5.82 Å². The minimum absolute atomic E-state index is 0.0262. The molecule has 0 aliphatic carbocycles. The number of anilines is 1. The Morgan fingerprint density at radius 2 is 1.76 bits per heavy atom. The van der Waals surface area contributed by atoms with E-state index < -0.39 is 6.10 Å². The third kappa shape index (κ3) is 4.31. The number of hydrogen-bond acceptors (Lipinski definition) is 4. The van der Waals surface area contributed by atoms with E-state index in [-0.39, 0.29) is 11.7 Å². The van der Waals surface area contributed by atoms with Crippen LogP contribution in [0.3, 0.4) is 0 Å². The fourth-order valence-electron chi connectivity index (χ4n) is 4.40. The van der Waals surface area contributed by atoms with Gasteiger partial charge in [-0.2, -0.15) is 0 Å². The van der Waals surface area contributed by atoms with Gasteiger partial charge in [-0.05, 0) is 49.7 Å². The molecule has 3 heterocycles. The van der Waals surface area contributed by atoms with Gasteiger partial charge in [-0.25, -0.2) is 4.39 Å². The molecule has 7 heteroatoms. The van der Waals surface area contributed by atoms with E-state index in [4.69, 9.17) is 0 Å². The van der Waals surface area contributed by atoms with Crippen LogP contribution in [-0.4, -0.2) is 71.2 Å². The number of rotatable bonds is 5. The summed E-state index contributed by atoms with van der Waals surface area (Å²) in [5.41, 5.74) is 2.43. The van der Waals surface area contributed by atoms with E-state index in [0.29, 0.717) is 25.1 Å². The van der Waals surface area contributed by atoms with Crippen LogP contribution < -0.4 is 4.90 Å². The van der Waals surface area contributed by atoms with E-state index in [1.54, 1.807) is 0 Å². The molecule has 0 bridgehead atoms. The Labute approximate surface area is 171 Å². The van der Waals surface area contributed by atoms with Gasteiger partial charge in [-0.1, -0.05) is 0 Å². The molecule has 156 valence electrons. The first-order valence-electron chi connectivity index (χ1n) is 10.4. The van der Waals surface area contributed by atoms with Gasteiger partial charge in [0.05, 0.1) is 17.4 Å². The number of amides is 1. The summed E-state index contributed by atoms with van der Waals surface area (Å²) < 4.78 is 14.9. The van der Waals surface area contributed by atoms with Crippen LogP contribution in [0.4, 0.5) is 10.1 Å². The molecule has 1 fully saturated rings. The van der Waals surface area contributed by atoms with Crippen molar-refractivity contribution >= 4 is 11.6 Å². The van der Waals surface area contributed by atoms with Crippen molar-refractivity contribution in [3.05, 3.63) is 53.6 Å². The minimum atomic E-state index is -0.585. The van der Waals surface area contributed by atoms with Crippen molar-refractivity contribution in [3.63, 3.8) is 0 Å². The Kier molecular flexibility index (Phi) is 5.87. The van der Waals surface area contributed by atoms with Crippen molar-refractivity contribution in [1.29, 1.82) is 0 Å². The van der Waals surface area contributed by atoms with Gasteiger partial charge in [0.1, 0.15) is 5.82 Å². The van der Waals surface area contributed by atoms with Gasteiger partial charge in [0.15, 0.2) is 0 Å². The fourth-order valence-corrected chi connectivity index (χ4v) is 4.40. The minimum Gasteiger partial charge on any atom is -0.387 e. The molecule has 2 aromatic rings. The largest absolute Gasteiger partial charge is 0.387 e. The first-order valence-corrected chi connectivity index (χ1v) is 10.4. The summed E-state index contributed by atoms with van der Waals surface area (Å²) in [5.74, 6) is -0.177. The van der Waals surface area contributed by atoms with Gasteiger partial charge in [0, 0.05) is 58.2 Å². The lowest BCUT2D eigenvalue weighted by atomic mass is 10.1. The van der Waals surface area contributed by atoms with Gasteiger partial charge in [0.25, 0.3) is 5.91 Å². The molecule has 1 saturated heterocycles. The third-order valence-electron chi connectivity index (χ3n) is 6.09. The van der Waals surface area contributed by atoms with Gasteiger partial charge in [0.2, 0.25) is 0 Å². The zero-order valence-electron chi connectivity index (χ0n) is 16.9. The van der Waals surface area contributed by atoms with E-state index in [1.165, 1.54) is 12.1 Å². The Bertz CT molecular complexity index is 843. The highest BCUT2D eigenvalue weighted by Gasteiger charge is 2.29. The van der Waals surface area contributed by atoms with Crippen molar-refractivity contribution in [1.82, 2.24) is 14.4 Å². The van der Waals surface area contributed by atoms with Crippen LogP contribution in [0.1, 0.15) is 35.0 Å². The summed E-state index contributed by atoms with van der Waals surface area (Å²) >= 11 is 0. The number of halogens is 1. The third-order valence-corrected chi connectivity index (χ3v) is 6.09. The molecule has 1 aromatic heterocycles. The van der Waals surface area contributed by atoms with Crippen molar-refractivity contribution in [3.8, 4) is 0 Å². The second-order valence-electron chi connectivity index (χ2n) is 7.98. The molecular weight excluding hydrogens is 371 g/mol. The maximum Gasteiger partial charge on any atom is 0.255 e. The zero-order chi connectivity index (χ0) is 20.4. The van der Waals surface area contributed by atoms with Crippen LogP contribution in [0.2, 0.25) is 0 Å². The number of aliphatic hydroxyl groups is 1. The van der Waals surface area contributed by atoms with Gasteiger partial charge in [-0.3, -0.25) is 9.69 Å². The highest BCUT2D eigenvalue weighted by Crippen LogP contribution is 2.27. The molecular formula is C22H29FN4O2. The molecule has 0 saturated carbocycles. The highest BCUT2D eigenvalue weighted by molar-refractivity contribution is 5.96. The lowest BCUT2D eigenvalue weighted by Crippen LogP contribution is -2.47. The molecule has 0 unspecified atom stereocenters. The number of aryl methyl sites for hydroxylation is 1. The summed E-state index contributed by atoms with van der Waals surface area (Å²) in [5, 5.41) is 10.4. The molecule has 0 radical (unpaired) electrons. The maximum absolute atomic E-state index is 13.1. The summed E-state index contributed by atoms with van der Waals surface area (Å²) in [6.07, 6.45) is 2.75. The van der Waals surface area contributed by atoms with Crippen LogP contribution in [0.5, 0.6) is 0 Å². The molecule has 4 rings (SSSR count). The average Bonchev–Trinajstić information content (AvgIpc) is 3.07. The molecule has 6 nitrogen and oxygen atoms in total. The SMILES string of the molecule is Cn1ccc2c1[C@@H](O)CCN(CCCN1CCN(c3ccc(F)cc3)CC1)C2=O. The Hall–Kier alpha value is -2.38. The van der Waals surface area contributed by atoms with Crippen LogP contribution in [0.25, 0.3) is 0 Å². The quantitative estimate of drug-likeness (QED) is 0.837. The molecule has 1 N–H and O–H groups in total. The molecule has 0 spiro atoms. The summed E-state index contributed by atoms with van der Waals surface area (Å²) in [4.78, 5) is 19.4. The smallest absolute Gasteiger partial charge is 0.255 e. The molecule has 1 atom stereocenters. The number of carbonyl (C=O) groups excluding carboxylic acids is 1. The summed E-state index contributed by atoms with van der Waals surface area (Å²) in [7, 11) is 1.87. The molecule has 2 aliphatic rings. The standard InChI is InChI=1S/C22H29FN4O2/c1-24-11-7-19-21(24)20(28)8-12-27(22(19)29)10-2-9-25-13-15-26(16-14-25)18-5-3-17(23)4-6-18/h3-7,11,20,28H,2,8-10,12-16H2,1H3/t20-/m0/s1. The number of carbonyl (C=O) groups is 1. The summed E-state index contributed by atoms with van der Waals surface area (Å²) in [6, 6.07) is 8.50. The second kappa shape index (κ2) is 8.55. The average molecular weight is 400 g/mol. The molecule has 2 aliphatic heterocycles. The molecule has 1 aromatic carbocycles. The number of fused-ring (bicyclic) bond motifs is 1. The zero-order valence-corrected chi connectivity index (χ0v) is 16.9. The number of aromatic nitrogens is 1. The highest BCUT2D eigenvalue weighted by atomic mass is 19.1. The van der Waals surface area contributed by atoms with Crippen molar-refractivity contribution in [2.24, 2.45) is 7.05 Å². The molecule has 29 heavy (non-hydrogen) atoms. The Morgan fingerprint density at radius 3 is 2.48 bits per heavy atom. The Morgan fingerprint density at radius 1 is 1.03 bits per heavy atom. The number of nitrogens with zero attached hydrogens (tertiary/aromatic N) is 4. The lowest BCUT2D eigenvalue weighted by Gasteiger charge is -2.36. The maximum atomic E-state index is 13.1. The van der Waals surface area contributed by atoms with Crippen LogP contribution in [-0.2, 0) is 7.05 Å². The van der Waals surface area contributed by atoms with E-state index >= 15 is 0 Å². The number of hydrogen-bond donors (Lipinski definition) is 1. The van der Waals surface area contributed by atoms with Gasteiger partial charge >= 0.3 is 0 Å². The predicted octanol–water partition coefficient (Wildman–Crippen LogP) is 2.26. The Balaban J connectivity index is 1.26. The fraction of sp³-hybridized carbons (Fsp3) is 0.500. The number of benzene rings is 1. The van der Waals surface area contributed by atoms with E-state index in [1.807, 2.05) is 40.9 Å².